The monoisotopic (exact) mass is 428 g/mol. The Balaban J connectivity index is 1.40. The van der Waals surface area contributed by atoms with E-state index >= 15 is 0 Å². The first-order valence-electron chi connectivity index (χ1n) is 10.2. The molecular weight excluding hydrogens is 408 g/mol. The van der Waals surface area contributed by atoms with E-state index in [1.165, 1.54) is 45.7 Å². The predicted octanol–water partition coefficient (Wildman–Crippen LogP) is 4.41. The average molecular weight is 429 g/mol. The fourth-order valence-corrected chi connectivity index (χ4v) is 4.72. The number of para-hydroxylation sites is 1. The van der Waals surface area contributed by atoms with Gasteiger partial charge in [-0.2, -0.15) is 9.78 Å². The molecule has 6 nitrogen and oxygen atoms in total. The van der Waals surface area contributed by atoms with Crippen molar-refractivity contribution in [2.45, 2.75) is 26.2 Å². The van der Waals surface area contributed by atoms with E-state index in [9.17, 15) is 9.59 Å². The number of nitrogens with one attached hydrogen (secondary N) is 1. The summed E-state index contributed by atoms with van der Waals surface area (Å²) in [6.45, 7) is 2.00. The minimum absolute atomic E-state index is 0.149. The lowest BCUT2D eigenvalue weighted by Gasteiger charge is -2.06. The second-order valence-corrected chi connectivity index (χ2v) is 8.72. The Morgan fingerprint density at radius 3 is 2.68 bits per heavy atom. The van der Waals surface area contributed by atoms with Crippen molar-refractivity contribution in [3.8, 4) is 16.9 Å². The van der Waals surface area contributed by atoms with Crippen LogP contribution in [0.5, 0.6) is 0 Å². The van der Waals surface area contributed by atoms with Gasteiger partial charge in [-0.05, 0) is 61.6 Å². The van der Waals surface area contributed by atoms with Gasteiger partial charge >= 0.3 is 0 Å². The molecular formula is C24H20N4O2S. The van der Waals surface area contributed by atoms with Gasteiger partial charge in [-0.3, -0.25) is 14.9 Å². The van der Waals surface area contributed by atoms with E-state index in [4.69, 9.17) is 0 Å². The van der Waals surface area contributed by atoms with E-state index in [1.54, 1.807) is 12.1 Å². The minimum atomic E-state index is -0.404. The topological polar surface area (TPSA) is 76.9 Å². The average Bonchev–Trinajstić information content (AvgIpc) is 3.40. The van der Waals surface area contributed by atoms with E-state index in [0.29, 0.717) is 10.8 Å². The van der Waals surface area contributed by atoms with Crippen molar-refractivity contribution in [3.05, 3.63) is 92.7 Å². The number of thiazole rings is 1. The van der Waals surface area contributed by atoms with Crippen molar-refractivity contribution in [2.24, 2.45) is 0 Å². The first kappa shape index (κ1) is 19.4. The fraction of sp³-hybridized carbons (Fsp3) is 0.167. The van der Waals surface area contributed by atoms with Gasteiger partial charge in [0.25, 0.3) is 11.5 Å². The molecule has 0 spiro atoms. The molecule has 1 aliphatic carbocycles. The van der Waals surface area contributed by atoms with Crippen LogP contribution in [0.2, 0.25) is 0 Å². The van der Waals surface area contributed by atoms with Gasteiger partial charge in [-0.1, -0.05) is 30.3 Å². The highest BCUT2D eigenvalue weighted by Gasteiger charge is 2.17. The van der Waals surface area contributed by atoms with Crippen LogP contribution in [0.4, 0.5) is 5.13 Å². The first-order valence-corrected chi connectivity index (χ1v) is 11.0. The Morgan fingerprint density at radius 2 is 1.84 bits per heavy atom. The Kier molecular flexibility index (Phi) is 4.95. The maximum absolute atomic E-state index is 12.8. The van der Waals surface area contributed by atoms with E-state index in [2.05, 4.69) is 33.6 Å². The SMILES string of the molecule is Cc1sc(NC(=O)c2ccc(=O)n(-c3ccccc3)n2)nc1-c1ccc2c(c1)CCC2. The molecule has 0 saturated carbocycles. The molecule has 7 heteroatoms. The number of benzene rings is 2. The molecule has 2 heterocycles. The summed E-state index contributed by atoms with van der Waals surface area (Å²) >= 11 is 1.43. The van der Waals surface area contributed by atoms with Crippen LogP contribution in [0, 0.1) is 6.92 Å². The zero-order chi connectivity index (χ0) is 21.4. The number of carbonyl (C=O) groups excluding carboxylic acids is 1. The van der Waals surface area contributed by atoms with Gasteiger partial charge in [0.1, 0.15) is 5.69 Å². The summed E-state index contributed by atoms with van der Waals surface area (Å²) in [5.41, 5.74) is 5.23. The first-order chi connectivity index (χ1) is 15.1. The van der Waals surface area contributed by atoms with Gasteiger partial charge in [0.15, 0.2) is 5.13 Å². The third-order valence-corrected chi connectivity index (χ3v) is 6.31. The minimum Gasteiger partial charge on any atom is -0.296 e. The largest absolute Gasteiger partial charge is 0.296 e. The summed E-state index contributed by atoms with van der Waals surface area (Å²) in [6, 6.07) is 18.3. The number of amides is 1. The molecule has 0 fully saturated rings. The zero-order valence-corrected chi connectivity index (χ0v) is 17.8. The van der Waals surface area contributed by atoms with Gasteiger partial charge in [-0.25, -0.2) is 4.98 Å². The van der Waals surface area contributed by atoms with Crippen LogP contribution in [-0.4, -0.2) is 20.7 Å². The van der Waals surface area contributed by atoms with Crippen LogP contribution in [0.1, 0.15) is 32.9 Å². The maximum Gasteiger partial charge on any atom is 0.277 e. The van der Waals surface area contributed by atoms with Crippen molar-refractivity contribution >= 4 is 22.4 Å². The van der Waals surface area contributed by atoms with E-state index in [-0.39, 0.29) is 11.3 Å². The second-order valence-electron chi connectivity index (χ2n) is 7.52. The summed E-state index contributed by atoms with van der Waals surface area (Å²) in [7, 11) is 0. The molecule has 154 valence electrons. The number of aromatic nitrogens is 3. The zero-order valence-electron chi connectivity index (χ0n) is 17.0. The summed E-state index contributed by atoms with van der Waals surface area (Å²) in [5, 5.41) is 7.58. The highest BCUT2D eigenvalue weighted by Crippen LogP contribution is 2.33. The number of nitrogens with zero attached hydrogens (tertiary/aromatic N) is 3. The molecule has 31 heavy (non-hydrogen) atoms. The van der Waals surface area contributed by atoms with Gasteiger partial charge in [0.2, 0.25) is 0 Å². The number of hydrogen-bond acceptors (Lipinski definition) is 5. The van der Waals surface area contributed by atoms with Crippen LogP contribution in [0.3, 0.4) is 0 Å². The number of hydrogen-bond donors (Lipinski definition) is 1. The lowest BCUT2D eigenvalue weighted by molar-refractivity contribution is 0.102. The third kappa shape index (κ3) is 3.80. The summed E-state index contributed by atoms with van der Waals surface area (Å²) < 4.78 is 1.22. The third-order valence-electron chi connectivity index (χ3n) is 5.42. The normalized spacial score (nSPS) is 12.5. The number of aryl methyl sites for hydroxylation is 3. The van der Waals surface area contributed by atoms with Crippen LogP contribution in [0.15, 0.2) is 65.5 Å². The number of anilines is 1. The molecule has 1 amide bonds. The highest BCUT2D eigenvalue weighted by molar-refractivity contribution is 7.16. The predicted molar refractivity (Wildman–Crippen MR) is 122 cm³/mol. The highest BCUT2D eigenvalue weighted by atomic mass is 32.1. The molecule has 0 radical (unpaired) electrons. The Bertz CT molecular complexity index is 1340. The Labute approximate surface area is 183 Å². The summed E-state index contributed by atoms with van der Waals surface area (Å²) in [4.78, 5) is 30.7. The quantitative estimate of drug-likeness (QED) is 0.523. The van der Waals surface area contributed by atoms with Gasteiger partial charge < -0.3 is 0 Å². The molecule has 4 aromatic rings. The molecule has 0 atom stereocenters. The van der Waals surface area contributed by atoms with E-state index in [1.807, 2.05) is 25.1 Å². The maximum atomic E-state index is 12.8. The standard InChI is InChI=1S/C24H20N4O2S/c1-15-22(18-11-10-16-6-5-7-17(16)14-18)25-24(31-15)26-23(30)20-12-13-21(29)28(27-20)19-8-3-2-4-9-19/h2-4,8-14H,5-7H2,1H3,(H,25,26,30). The van der Waals surface area contributed by atoms with Crippen molar-refractivity contribution < 1.29 is 4.79 Å². The van der Waals surface area contributed by atoms with Crippen LogP contribution in [-0.2, 0) is 12.8 Å². The molecule has 0 saturated heterocycles. The van der Waals surface area contributed by atoms with Crippen molar-refractivity contribution in [3.63, 3.8) is 0 Å². The molecule has 5 rings (SSSR count). The molecule has 0 aliphatic heterocycles. The van der Waals surface area contributed by atoms with E-state index < -0.39 is 5.91 Å². The van der Waals surface area contributed by atoms with Crippen molar-refractivity contribution in [1.29, 1.82) is 0 Å². The summed E-state index contributed by atoms with van der Waals surface area (Å²) in [6.07, 6.45) is 3.46. The lowest BCUT2D eigenvalue weighted by atomic mass is 10.0. The molecule has 0 unspecified atom stereocenters. The Hall–Kier alpha value is -3.58. The fourth-order valence-electron chi connectivity index (χ4n) is 3.88. The van der Waals surface area contributed by atoms with Crippen LogP contribution in [0.25, 0.3) is 16.9 Å². The number of rotatable bonds is 4. The second kappa shape index (κ2) is 7.92. The van der Waals surface area contributed by atoms with Gasteiger partial charge in [-0.15, -0.1) is 11.3 Å². The molecule has 2 aromatic carbocycles. The Morgan fingerprint density at radius 1 is 1.03 bits per heavy atom. The smallest absolute Gasteiger partial charge is 0.277 e. The number of carbonyl (C=O) groups is 1. The van der Waals surface area contributed by atoms with Crippen molar-refractivity contribution in [1.82, 2.24) is 14.8 Å². The van der Waals surface area contributed by atoms with E-state index in [0.717, 1.165) is 29.0 Å². The molecule has 1 aliphatic rings. The summed E-state index contributed by atoms with van der Waals surface area (Å²) in [5.74, 6) is -0.404. The van der Waals surface area contributed by atoms with Crippen LogP contribution >= 0.6 is 11.3 Å². The molecule has 0 bridgehead atoms. The van der Waals surface area contributed by atoms with Gasteiger partial charge in [0.05, 0.1) is 11.4 Å². The van der Waals surface area contributed by atoms with Crippen LogP contribution < -0.4 is 10.9 Å². The van der Waals surface area contributed by atoms with Crippen molar-refractivity contribution in [2.75, 3.05) is 5.32 Å². The lowest BCUT2D eigenvalue weighted by Crippen LogP contribution is -2.24. The van der Waals surface area contributed by atoms with Gasteiger partial charge in [0, 0.05) is 16.5 Å². The molecule has 2 aromatic heterocycles. The molecule has 1 N–H and O–H groups in total. The number of fused-ring (bicyclic) bond motifs is 1.